The first-order chi connectivity index (χ1) is 21.3. The average molecular weight is 634 g/mol. The molecule has 1 saturated carbocycles. The van der Waals surface area contributed by atoms with Crippen LogP contribution in [0.1, 0.15) is 72.2 Å². The molecule has 2 amide bonds. The zero-order valence-corrected chi connectivity index (χ0v) is 26.4. The molecule has 1 aromatic heterocycles. The van der Waals surface area contributed by atoms with Crippen molar-refractivity contribution in [3.63, 3.8) is 0 Å². The van der Waals surface area contributed by atoms with Crippen LogP contribution in [0.25, 0.3) is 21.7 Å². The van der Waals surface area contributed by atoms with Crippen LogP contribution in [0.4, 0.5) is 4.79 Å². The standard InChI is InChI=1S/C34H36ClN3O7/c1-34(2,3)45-33(42)37-27(32(41)43-4)11-12-38-17-26(24-10-8-20(15-28(24)38)19-5-6-19)29(39)18-44-30-16-21-7-9-23(35)13-22(21)14-25(30)31(36)40/h7-10,13-17,19,27H,5-6,11-12,18H2,1-4H3,(H2,36,40)(H,37,42). The van der Waals surface area contributed by atoms with Crippen LogP contribution in [-0.2, 0) is 20.8 Å². The lowest BCUT2D eigenvalue weighted by Gasteiger charge is -2.22. The number of esters is 1. The molecule has 4 aromatic rings. The number of rotatable bonds is 11. The Balaban J connectivity index is 1.40. The number of amides is 2. The number of hydrogen-bond acceptors (Lipinski definition) is 7. The first kappa shape index (κ1) is 31.8. The first-order valence-corrected chi connectivity index (χ1v) is 15.1. The summed E-state index contributed by atoms with van der Waals surface area (Å²) in [6.45, 7) is 5.16. The van der Waals surface area contributed by atoms with Crippen molar-refractivity contribution in [3.8, 4) is 5.75 Å². The summed E-state index contributed by atoms with van der Waals surface area (Å²) in [7, 11) is 1.25. The van der Waals surface area contributed by atoms with Crippen molar-refractivity contribution < 1.29 is 33.4 Å². The number of nitrogens with two attached hydrogens (primary N) is 1. The molecular weight excluding hydrogens is 598 g/mol. The molecule has 1 aliphatic carbocycles. The van der Waals surface area contributed by atoms with Crippen LogP contribution in [0.3, 0.4) is 0 Å². The highest BCUT2D eigenvalue weighted by Crippen LogP contribution is 2.41. The van der Waals surface area contributed by atoms with Crippen LogP contribution >= 0.6 is 11.6 Å². The molecule has 3 N–H and O–H groups in total. The van der Waals surface area contributed by atoms with Gasteiger partial charge < -0.3 is 29.8 Å². The summed E-state index contributed by atoms with van der Waals surface area (Å²) in [5.74, 6) is -0.931. The second-order valence-electron chi connectivity index (χ2n) is 12.2. The fourth-order valence-electron chi connectivity index (χ4n) is 5.28. The van der Waals surface area contributed by atoms with E-state index in [1.54, 1.807) is 57.3 Å². The quantitative estimate of drug-likeness (QED) is 0.149. The number of alkyl carbamates (subject to hydrolysis) is 1. The lowest BCUT2D eigenvalue weighted by atomic mass is 10.0. The number of ether oxygens (including phenoxy) is 3. The van der Waals surface area contributed by atoms with Crippen molar-refractivity contribution in [1.82, 2.24) is 9.88 Å². The Kier molecular flexibility index (Phi) is 9.06. The molecule has 5 rings (SSSR count). The van der Waals surface area contributed by atoms with E-state index in [1.807, 2.05) is 16.7 Å². The van der Waals surface area contributed by atoms with Crippen LogP contribution in [0, 0.1) is 0 Å². The molecule has 1 atom stereocenters. The fourth-order valence-corrected chi connectivity index (χ4v) is 5.46. The van der Waals surface area contributed by atoms with E-state index in [4.69, 9.17) is 31.5 Å². The molecule has 1 unspecified atom stereocenters. The molecule has 0 spiro atoms. The van der Waals surface area contributed by atoms with Gasteiger partial charge in [-0.15, -0.1) is 0 Å². The Morgan fingerprint density at radius 1 is 1.02 bits per heavy atom. The molecule has 0 aliphatic heterocycles. The molecule has 1 aliphatic rings. The van der Waals surface area contributed by atoms with Crippen molar-refractivity contribution in [3.05, 3.63) is 76.4 Å². The number of methoxy groups -OCH3 is 1. The average Bonchev–Trinajstić information content (AvgIpc) is 3.77. The Morgan fingerprint density at radius 2 is 1.78 bits per heavy atom. The number of hydrogen-bond donors (Lipinski definition) is 2. The van der Waals surface area contributed by atoms with Crippen molar-refractivity contribution >= 4 is 57.0 Å². The number of aromatic nitrogens is 1. The number of ketones is 1. The Labute approximate surface area is 265 Å². The molecular formula is C34H36ClN3O7. The van der Waals surface area contributed by atoms with Crippen LogP contribution in [0.2, 0.25) is 5.02 Å². The van der Waals surface area contributed by atoms with Crippen LogP contribution in [0.15, 0.2) is 54.7 Å². The first-order valence-electron chi connectivity index (χ1n) is 14.7. The van der Waals surface area contributed by atoms with E-state index in [9.17, 15) is 19.2 Å². The Bertz CT molecular complexity index is 1800. The fraction of sp³-hybridized carbons (Fsp3) is 0.353. The highest BCUT2D eigenvalue weighted by atomic mass is 35.5. The minimum Gasteiger partial charge on any atom is -0.485 e. The molecule has 45 heavy (non-hydrogen) atoms. The number of fused-ring (bicyclic) bond motifs is 2. The van der Waals surface area contributed by atoms with E-state index in [0.717, 1.165) is 34.5 Å². The smallest absolute Gasteiger partial charge is 0.408 e. The maximum Gasteiger partial charge on any atom is 0.408 e. The number of benzene rings is 3. The van der Waals surface area contributed by atoms with Crippen molar-refractivity contribution in [2.24, 2.45) is 5.73 Å². The van der Waals surface area contributed by atoms with E-state index in [2.05, 4.69) is 11.4 Å². The molecule has 10 nitrogen and oxygen atoms in total. The van der Waals surface area contributed by atoms with Gasteiger partial charge in [0.1, 0.15) is 17.4 Å². The highest BCUT2D eigenvalue weighted by Gasteiger charge is 2.27. The van der Waals surface area contributed by atoms with Crippen LogP contribution < -0.4 is 15.8 Å². The normalized spacial score (nSPS) is 13.8. The van der Waals surface area contributed by atoms with Gasteiger partial charge in [-0.3, -0.25) is 9.59 Å². The zero-order chi connectivity index (χ0) is 32.5. The SMILES string of the molecule is COC(=O)C(CCn1cc(C(=O)COc2cc3ccc(Cl)cc3cc2C(N)=O)c2ccc(C3CC3)cc21)NC(=O)OC(C)(C)C. The summed E-state index contributed by atoms with van der Waals surface area (Å²) in [4.78, 5) is 50.8. The van der Waals surface area contributed by atoms with Gasteiger partial charge in [0, 0.05) is 34.2 Å². The third-order valence-corrected chi connectivity index (χ3v) is 7.85. The summed E-state index contributed by atoms with van der Waals surface area (Å²) >= 11 is 6.11. The lowest BCUT2D eigenvalue weighted by Crippen LogP contribution is -2.44. The summed E-state index contributed by atoms with van der Waals surface area (Å²) in [5.41, 5.74) is 7.45. The third kappa shape index (κ3) is 7.57. The molecule has 0 saturated heterocycles. The molecule has 11 heteroatoms. The largest absolute Gasteiger partial charge is 0.485 e. The predicted molar refractivity (Wildman–Crippen MR) is 171 cm³/mol. The molecule has 1 heterocycles. The Hall–Kier alpha value is -4.57. The molecule has 0 bridgehead atoms. The maximum absolute atomic E-state index is 13.6. The summed E-state index contributed by atoms with van der Waals surface area (Å²) in [5, 5.41) is 5.34. The number of carbonyl (C=O) groups is 4. The summed E-state index contributed by atoms with van der Waals surface area (Å²) < 4.78 is 18.0. The van der Waals surface area contributed by atoms with Gasteiger partial charge in [-0.25, -0.2) is 9.59 Å². The summed E-state index contributed by atoms with van der Waals surface area (Å²) in [6.07, 6.45) is 3.40. The topological polar surface area (TPSA) is 139 Å². The van der Waals surface area contributed by atoms with Gasteiger partial charge in [0.05, 0.1) is 12.7 Å². The van der Waals surface area contributed by atoms with Gasteiger partial charge in [-0.05, 0) is 92.6 Å². The maximum atomic E-state index is 13.6. The van der Waals surface area contributed by atoms with Crippen molar-refractivity contribution in [2.45, 2.75) is 64.1 Å². The number of nitrogens with zero attached hydrogens (tertiary/aromatic N) is 1. The highest BCUT2D eigenvalue weighted by molar-refractivity contribution is 6.31. The number of nitrogens with one attached hydrogen (secondary N) is 1. The molecule has 236 valence electrons. The van der Waals surface area contributed by atoms with Gasteiger partial charge in [0.15, 0.2) is 6.61 Å². The molecule has 1 fully saturated rings. The van der Waals surface area contributed by atoms with Crippen molar-refractivity contribution in [1.29, 1.82) is 0 Å². The number of carbonyl (C=O) groups excluding carboxylic acids is 4. The minimum absolute atomic E-state index is 0.139. The van der Waals surface area contributed by atoms with Crippen LogP contribution in [0.5, 0.6) is 5.75 Å². The van der Waals surface area contributed by atoms with E-state index >= 15 is 0 Å². The van der Waals surface area contributed by atoms with Gasteiger partial charge in [0.2, 0.25) is 5.78 Å². The molecule has 3 aromatic carbocycles. The van der Waals surface area contributed by atoms with Gasteiger partial charge >= 0.3 is 12.1 Å². The van der Waals surface area contributed by atoms with E-state index < -0.39 is 29.6 Å². The second-order valence-corrected chi connectivity index (χ2v) is 12.7. The van der Waals surface area contributed by atoms with E-state index in [0.29, 0.717) is 23.0 Å². The minimum atomic E-state index is -0.966. The zero-order valence-electron chi connectivity index (χ0n) is 25.6. The number of aryl methyl sites for hydroxylation is 1. The van der Waals surface area contributed by atoms with Crippen molar-refractivity contribution in [2.75, 3.05) is 13.7 Å². The van der Waals surface area contributed by atoms with Gasteiger partial charge in [-0.2, -0.15) is 0 Å². The van der Waals surface area contributed by atoms with Gasteiger partial charge in [-0.1, -0.05) is 29.8 Å². The lowest BCUT2D eigenvalue weighted by molar-refractivity contribution is -0.143. The summed E-state index contributed by atoms with van der Waals surface area (Å²) in [6, 6.07) is 13.6. The third-order valence-electron chi connectivity index (χ3n) is 7.62. The monoisotopic (exact) mass is 633 g/mol. The second kappa shape index (κ2) is 12.8. The Morgan fingerprint density at radius 3 is 2.44 bits per heavy atom. The predicted octanol–water partition coefficient (Wildman–Crippen LogP) is 6.14. The number of primary amides is 1. The van der Waals surface area contributed by atoms with Gasteiger partial charge in [0.25, 0.3) is 5.91 Å². The van der Waals surface area contributed by atoms with E-state index in [1.165, 1.54) is 12.7 Å². The number of Topliss-reactive ketones (excluding diaryl/α,β-unsaturated/α-hetero) is 1. The molecule has 0 radical (unpaired) electrons. The van der Waals surface area contributed by atoms with Crippen LogP contribution in [-0.4, -0.2) is 53.7 Å². The van der Waals surface area contributed by atoms with E-state index in [-0.39, 0.29) is 30.1 Å². The number of halogens is 1.